The molecule has 36 heavy (non-hydrogen) atoms. The van der Waals surface area contributed by atoms with Crippen LogP contribution in [0.25, 0.3) is 5.65 Å². The van der Waals surface area contributed by atoms with E-state index in [0.29, 0.717) is 34.3 Å². The molecule has 6 rings (SSSR count). The van der Waals surface area contributed by atoms with Crippen molar-refractivity contribution in [1.82, 2.24) is 24.2 Å². The number of rotatable bonds is 4. The number of imidazole rings is 1. The summed E-state index contributed by atoms with van der Waals surface area (Å²) in [5.74, 6) is -0.307. The zero-order chi connectivity index (χ0) is 24.8. The van der Waals surface area contributed by atoms with Gasteiger partial charge in [-0.2, -0.15) is 0 Å². The van der Waals surface area contributed by atoms with Gasteiger partial charge in [-0.15, -0.1) is 11.3 Å². The van der Waals surface area contributed by atoms with Crippen LogP contribution in [-0.2, 0) is 13.0 Å². The van der Waals surface area contributed by atoms with Gasteiger partial charge in [0.2, 0.25) is 0 Å². The zero-order valence-electron chi connectivity index (χ0n) is 20.0. The van der Waals surface area contributed by atoms with Crippen molar-refractivity contribution < 1.29 is 9.59 Å². The van der Waals surface area contributed by atoms with E-state index in [2.05, 4.69) is 27.2 Å². The zero-order valence-corrected chi connectivity index (χ0v) is 20.8. The van der Waals surface area contributed by atoms with Gasteiger partial charge in [-0.1, -0.05) is 12.1 Å². The molecule has 2 amide bonds. The molecule has 2 aliphatic heterocycles. The third kappa shape index (κ3) is 4.22. The Balaban J connectivity index is 1.20. The van der Waals surface area contributed by atoms with Crippen LogP contribution in [0.2, 0.25) is 0 Å². The summed E-state index contributed by atoms with van der Waals surface area (Å²) in [6.07, 6.45) is 6.17. The third-order valence-electron chi connectivity index (χ3n) is 6.89. The fourth-order valence-electron chi connectivity index (χ4n) is 5.04. The predicted octanol–water partition coefficient (Wildman–Crippen LogP) is 3.59. The summed E-state index contributed by atoms with van der Waals surface area (Å²) in [5.41, 5.74) is 10.1. The molecule has 9 nitrogen and oxygen atoms in total. The van der Waals surface area contributed by atoms with Crippen LogP contribution in [0, 0.1) is 0 Å². The van der Waals surface area contributed by atoms with Gasteiger partial charge in [-0.05, 0) is 43.7 Å². The number of nitrogens with two attached hydrogens (primary N) is 1. The van der Waals surface area contributed by atoms with Crippen molar-refractivity contribution in [2.75, 3.05) is 31.2 Å². The van der Waals surface area contributed by atoms with Crippen LogP contribution < -0.4 is 11.1 Å². The van der Waals surface area contributed by atoms with E-state index < -0.39 is 0 Å². The molecule has 4 aromatic rings. The van der Waals surface area contributed by atoms with Crippen molar-refractivity contribution in [3.8, 4) is 0 Å². The molecular formula is C26H27N7O2S. The first-order valence-corrected chi connectivity index (χ1v) is 12.9. The van der Waals surface area contributed by atoms with Crippen LogP contribution >= 0.6 is 11.3 Å². The summed E-state index contributed by atoms with van der Waals surface area (Å²) in [5, 5.41) is 3.61. The molecule has 5 heterocycles. The Kier molecular flexibility index (Phi) is 5.69. The molecule has 0 unspecified atom stereocenters. The number of carbonyl (C=O) groups is 2. The van der Waals surface area contributed by atoms with Gasteiger partial charge in [0.25, 0.3) is 11.8 Å². The average molecular weight is 502 g/mol. The molecule has 10 heteroatoms. The molecule has 1 saturated heterocycles. The number of aromatic nitrogens is 3. The minimum atomic E-state index is -0.190. The van der Waals surface area contributed by atoms with Crippen LogP contribution in [0.4, 0.5) is 10.8 Å². The molecule has 3 aromatic heterocycles. The largest absolute Gasteiger partial charge is 0.399 e. The first-order chi connectivity index (χ1) is 17.4. The Morgan fingerprint density at radius 2 is 2.06 bits per heavy atom. The Labute approximate surface area is 212 Å². The molecule has 0 aliphatic carbocycles. The summed E-state index contributed by atoms with van der Waals surface area (Å²) in [6.45, 7) is 2.49. The number of likely N-dealkylation sites (N-methyl/N-ethyl adjacent to an activating group) is 1. The van der Waals surface area contributed by atoms with Crippen LogP contribution in [0.1, 0.15) is 55.9 Å². The van der Waals surface area contributed by atoms with Crippen molar-refractivity contribution in [2.45, 2.75) is 31.8 Å². The molecule has 1 atom stereocenters. The lowest BCUT2D eigenvalue weighted by molar-refractivity contribution is 0.0730. The van der Waals surface area contributed by atoms with E-state index in [4.69, 9.17) is 5.73 Å². The number of nitrogens with zero attached hydrogens (tertiary/aromatic N) is 5. The molecule has 0 radical (unpaired) electrons. The van der Waals surface area contributed by atoms with E-state index in [0.717, 1.165) is 43.6 Å². The number of likely N-dealkylation sites (tertiary alicyclic amines) is 1. The first kappa shape index (κ1) is 22.7. The van der Waals surface area contributed by atoms with Crippen molar-refractivity contribution in [3.63, 3.8) is 0 Å². The highest BCUT2D eigenvalue weighted by Crippen LogP contribution is 2.34. The second-order valence-corrected chi connectivity index (χ2v) is 10.5. The summed E-state index contributed by atoms with van der Waals surface area (Å²) in [6, 6.07) is 11.0. The van der Waals surface area contributed by atoms with Crippen molar-refractivity contribution in [2.24, 2.45) is 0 Å². The van der Waals surface area contributed by atoms with E-state index in [1.807, 2.05) is 23.1 Å². The molecular weight excluding hydrogens is 474 g/mol. The van der Waals surface area contributed by atoms with Crippen molar-refractivity contribution >= 4 is 39.6 Å². The number of benzene rings is 1. The normalized spacial score (nSPS) is 17.9. The topological polar surface area (TPSA) is 109 Å². The molecule has 3 N–H and O–H groups in total. The Bertz CT molecular complexity index is 1480. The van der Waals surface area contributed by atoms with Crippen molar-refractivity contribution in [3.05, 3.63) is 76.2 Å². The molecule has 1 fully saturated rings. The minimum absolute atomic E-state index is 0.108. The SMILES string of the molecule is CN1CCc2nc(NC(=O)c3cccc([C@H]4CCCN4C(=O)c4cn5ccc(N)cc5n4)c3)sc2C1. The highest BCUT2D eigenvalue weighted by atomic mass is 32.1. The Hall–Kier alpha value is -3.76. The van der Waals surface area contributed by atoms with Crippen LogP contribution in [0.3, 0.4) is 0 Å². The van der Waals surface area contributed by atoms with E-state index in [-0.39, 0.29) is 17.9 Å². The molecule has 2 aliphatic rings. The number of hydrogen-bond donors (Lipinski definition) is 2. The van der Waals surface area contributed by atoms with E-state index in [1.165, 1.54) is 4.88 Å². The van der Waals surface area contributed by atoms with Gasteiger partial charge in [0.15, 0.2) is 5.13 Å². The van der Waals surface area contributed by atoms with Gasteiger partial charge >= 0.3 is 0 Å². The van der Waals surface area contributed by atoms with E-state index in [9.17, 15) is 9.59 Å². The quantitative estimate of drug-likeness (QED) is 0.442. The number of thiazole rings is 1. The fraction of sp³-hybridized carbons (Fsp3) is 0.308. The highest BCUT2D eigenvalue weighted by Gasteiger charge is 2.32. The number of pyridine rings is 1. The number of nitrogen functional groups attached to an aromatic ring is 1. The van der Waals surface area contributed by atoms with Crippen LogP contribution in [0.5, 0.6) is 0 Å². The third-order valence-corrected chi connectivity index (χ3v) is 7.89. The lowest BCUT2D eigenvalue weighted by Crippen LogP contribution is -2.31. The van der Waals surface area contributed by atoms with Gasteiger partial charge in [0.05, 0.1) is 11.7 Å². The summed E-state index contributed by atoms with van der Waals surface area (Å²) in [7, 11) is 2.09. The summed E-state index contributed by atoms with van der Waals surface area (Å²) < 4.78 is 1.80. The fourth-order valence-corrected chi connectivity index (χ4v) is 6.12. The molecule has 0 bridgehead atoms. The average Bonchev–Trinajstić information content (AvgIpc) is 3.61. The summed E-state index contributed by atoms with van der Waals surface area (Å²) in [4.78, 5) is 40.9. The highest BCUT2D eigenvalue weighted by molar-refractivity contribution is 7.15. The monoisotopic (exact) mass is 501 g/mol. The van der Waals surface area contributed by atoms with Gasteiger partial charge in [-0.25, -0.2) is 9.97 Å². The number of anilines is 2. The molecule has 0 spiro atoms. The Morgan fingerprint density at radius 1 is 1.17 bits per heavy atom. The standard InChI is InChI=1S/C26H27N7O2S/c1-31-10-8-19-22(15-31)36-26(29-19)30-24(34)17-5-2-4-16(12-17)21-6-3-9-33(21)25(35)20-14-32-11-7-18(27)13-23(32)28-20/h2,4-5,7,11-14,21H,3,6,8-10,15,27H2,1H3,(H,29,30,34)/t21-/m1/s1. The van der Waals surface area contributed by atoms with E-state index >= 15 is 0 Å². The maximum absolute atomic E-state index is 13.4. The molecule has 0 saturated carbocycles. The number of hydrogen-bond acceptors (Lipinski definition) is 7. The first-order valence-electron chi connectivity index (χ1n) is 12.1. The van der Waals surface area contributed by atoms with Gasteiger partial charge in [-0.3, -0.25) is 14.9 Å². The number of fused-ring (bicyclic) bond motifs is 2. The number of amides is 2. The van der Waals surface area contributed by atoms with E-state index in [1.54, 1.807) is 46.3 Å². The maximum atomic E-state index is 13.4. The smallest absolute Gasteiger partial charge is 0.274 e. The minimum Gasteiger partial charge on any atom is -0.399 e. The number of carbonyl (C=O) groups excluding carboxylic acids is 2. The van der Waals surface area contributed by atoms with Gasteiger partial charge < -0.3 is 19.9 Å². The summed E-state index contributed by atoms with van der Waals surface area (Å²) >= 11 is 1.54. The second kappa shape index (κ2) is 9.03. The lowest BCUT2D eigenvalue weighted by atomic mass is 10.0. The molecule has 184 valence electrons. The Morgan fingerprint density at radius 3 is 2.94 bits per heavy atom. The van der Waals surface area contributed by atoms with Gasteiger partial charge in [0, 0.05) is 60.6 Å². The predicted molar refractivity (Wildman–Crippen MR) is 139 cm³/mol. The van der Waals surface area contributed by atoms with Crippen LogP contribution in [-0.4, -0.2) is 56.1 Å². The van der Waals surface area contributed by atoms with Gasteiger partial charge in [0.1, 0.15) is 11.3 Å². The second-order valence-electron chi connectivity index (χ2n) is 9.46. The molecule has 1 aromatic carbocycles. The number of nitrogens with one attached hydrogen (secondary N) is 1. The maximum Gasteiger partial charge on any atom is 0.274 e. The van der Waals surface area contributed by atoms with Crippen LogP contribution in [0.15, 0.2) is 48.8 Å². The lowest BCUT2D eigenvalue weighted by Gasteiger charge is -2.24. The van der Waals surface area contributed by atoms with Crippen molar-refractivity contribution in [1.29, 1.82) is 0 Å².